The van der Waals surface area contributed by atoms with Gasteiger partial charge in [0.05, 0.1) is 12.2 Å². The van der Waals surface area contributed by atoms with Crippen molar-refractivity contribution in [1.82, 2.24) is 15.1 Å². The Kier molecular flexibility index (Phi) is 9.96. The minimum atomic E-state index is -1.40. The van der Waals surface area contributed by atoms with E-state index in [4.69, 9.17) is 11.5 Å². The smallest absolute Gasteiger partial charge is 0.247 e. The van der Waals surface area contributed by atoms with Crippen molar-refractivity contribution in [3.8, 4) is 0 Å². The van der Waals surface area contributed by atoms with Crippen molar-refractivity contribution in [3.63, 3.8) is 0 Å². The van der Waals surface area contributed by atoms with Gasteiger partial charge < -0.3 is 36.8 Å². The lowest BCUT2D eigenvalue weighted by atomic mass is 9.86. The van der Waals surface area contributed by atoms with E-state index in [1.165, 1.54) is 23.6 Å². The summed E-state index contributed by atoms with van der Waals surface area (Å²) in [6, 6.07) is 2.17. The number of benzene rings is 1. The quantitative estimate of drug-likeness (QED) is 0.250. The first kappa shape index (κ1) is 30.5. The molecule has 1 aromatic rings. The summed E-state index contributed by atoms with van der Waals surface area (Å²) in [5, 5.41) is 22.5. The Morgan fingerprint density at radius 2 is 1.71 bits per heavy atom. The summed E-state index contributed by atoms with van der Waals surface area (Å²) in [5.74, 6) is -2.43. The Morgan fingerprint density at radius 1 is 1.08 bits per heavy atom. The molecule has 7 N–H and O–H groups in total. The fourth-order valence-electron chi connectivity index (χ4n) is 5.32. The fourth-order valence-corrected chi connectivity index (χ4v) is 6.71. The van der Waals surface area contributed by atoms with E-state index in [0.717, 1.165) is 14.5 Å². The summed E-state index contributed by atoms with van der Waals surface area (Å²) >= 11 is 6.92. The van der Waals surface area contributed by atoms with Crippen molar-refractivity contribution in [1.29, 1.82) is 0 Å². The predicted octanol–water partition coefficient (Wildman–Crippen LogP) is 0.165. The highest BCUT2D eigenvalue weighted by Crippen LogP contribution is 2.37. The maximum atomic E-state index is 14.0. The van der Waals surface area contributed by atoms with Crippen molar-refractivity contribution in [2.45, 2.75) is 81.8 Å². The zero-order valence-corrected chi connectivity index (χ0v) is 24.6. The number of carbonyl (C=O) groups excluding carboxylic acids is 4. The number of hydrogen-bond donors (Lipinski definition) is 5. The molecular formula is C25H35Br2N5O6. The van der Waals surface area contributed by atoms with Crippen molar-refractivity contribution < 1.29 is 29.4 Å². The van der Waals surface area contributed by atoms with Crippen molar-refractivity contribution in [3.05, 3.63) is 32.7 Å². The fraction of sp³-hybridized carbons (Fsp3) is 0.600. The highest BCUT2D eigenvalue weighted by Gasteiger charge is 2.53. The number of carbonyl (C=O) groups is 4. The van der Waals surface area contributed by atoms with Crippen LogP contribution in [-0.4, -0.2) is 92.6 Å². The van der Waals surface area contributed by atoms with Crippen LogP contribution in [0.25, 0.3) is 0 Å². The minimum Gasteiger partial charge on any atom is -0.391 e. The van der Waals surface area contributed by atoms with Crippen LogP contribution in [0.1, 0.15) is 45.1 Å². The molecule has 0 radical (unpaired) electrons. The van der Waals surface area contributed by atoms with Gasteiger partial charge in [-0.2, -0.15) is 0 Å². The van der Waals surface area contributed by atoms with E-state index < -0.39 is 59.5 Å². The molecule has 4 amide bonds. The number of nitrogens with zero attached hydrogens (tertiary/aromatic N) is 2. The summed E-state index contributed by atoms with van der Waals surface area (Å²) in [7, 11) is 0. The SMILES string of the molecule is C[C@@H](O)[C@@H](N)C(=O)N1CCCC1C(=O)N1CCC[C@@]1(Cc1cc(Br)cc(Br)c1)C(=O)N[C@@H](C(N)=O)[C@@H](C)O. The Balaban J connectivity index is 2.01. The van der Waals surface area contributed by atoms with Crippen LogP contribution in [-0.2, 0) is 25.6 Å². The standard InChI is InChI=1S/C25H35Br2N5O6/c1-13(33)19(28)23(37)31-7-3-5-18(31)22(36)32-8-4-6-25(32,12-15-9-16(26)11-17(27)10-15)24(38)30-20(14(2)34)21(29)35/h9-11,13-14,18-20,33-34H,3-8,12,28H2,1-2H3,(H2,29,35)(H,30,38)/t13-,14-,18?,19-,20-,25-/m1/s1. The van der Waals surface area contributed by atoms with Crippen LogP contribution in [0.2, 0.25) is 0 Å². The molecule has 2 fully saturated rings. The first-order valence-electron chi connectivity index (χ1n) is 12.6. The summed E-state index contributed by atoms with van der Waals surface area (Å²) in [5.41, 5.74) is 10.7. The number of likely N-dealkylation sites (tertiary alicyclic amines) is 2. The van der Waals surface area contributed by atoms with Crippen LogP contribution in [0.15, 0.2) is 27.1 Å². The molecule has 0 aliphatic carbocycles. The van der Waals surface area contributed by atoms with E-state index in [9.17, 15) is 29.4 Å². The first-order valence-corrected chi connectivity index (χ1v) is 14.2. The highest BCUT2D eigenvalue weighted by atomic mass is 79.9. The van der Waals surface area contributed by atoms with Crippen LogP contribution in [0.4, 0.5) is 0 Å². The van der Waals surface area contributed by atoms with E-state index >= 15 is 0 Å². The monoisotopic (exact) mass is 659 g/mol. The normalized spacial score (nSPS) is 24.6. The molecule has 13 heteroatoms. The topological polar surface area (TPSA) is 179 Å². The van der Waals surface area contributed by atoms with Gasteiger partial charge in [0.1, 0.15) is 23.7 Å². The van der Waals surface area contributed by atoms with Crippen LogP contribution < -0.4 is 16.8 Å². The summed E-state index contributed by atoms with van der Waals surface area (Å²) in [6.07, 6.45) is -0.425. The van der Waals surface area contributed by atoms with E-state index in [2.05, 4.69) is 37.2 Å². The molecule has 38 heavy (non-hydrogen) atoms. The average molecular weight is 661 g/mol. The highest BCUT2D eigenvalue weighted by molar-refractivity contribution is 9.11. The number of nitrogens with one attached hydrogen (secondary N) is 1. The largest absolute Gasteiger partial charge is 0.391 e. The molecular weight excluding hydrogens is 626 g/mol. The van der Waals surface area contributed by atoms with Gasteiger partial charge in [0, 0.05) is 28.5 Å². The predicted molar refractivity (Wildman–Crippen MR) is 146 cm³/mol. The third kappa shape index (κ3) is 6.39. The third-order valence-corrected chi connectivity index (χ3v) is 8.21. The van der Waals surface area contributed by atoms with E-state index in [0.29, 0.717) is 32.2 Å². The van der Waals surface area contributed by atoms with Gasteiger partial charge in [-0.1, -0.05) is 31.9 Å². The molecule has 11 nitrogen and oxygen atoms in total. The zero-order valence-electron chi connectivity index (χ0n) is 21.4. The molecule has 0 aromatic heterocycles. The molecule has 0 bridgehead atoms. The molecule has 210 valence electrons. The Morgan fingerprint density at radius 3 is 2.26 bits per heavy atom. The maximum absolute atomic E-state index is 14.0. The second-order valence-electron chi connectivity index (χ2n) is 10.1. The molecule has 0 saturated carbocycles. The molecule has 1 aromatic carbocycles. The first-order chi connectivity index (χ1) is 17.8. The van der Waals surface area contributed by atoms with Gasteiger partial charge in [-0.25, -0.2) is 0 Å². The van der Waals surface area contributed by atoms with Gasteiger partial charge in [-0.05, 0) is 63.3 Å². The summed E-state index contributed by atoms with van der Waals surface area (Å²) in [6.45, 7) is 3.34. The van der Waals surface area contributed by atoms with Gasteiger partial charge in [0.15, 0.2) is 0 Å². The van der Waals surface area contributed by atoms with Crippen molar-refractivity contribution in [2.75, 3.05) is 13.1 Å². The number of aliphatic hydroxyl groups is 2. The van der Waals surface area contributed by atoms with E-state index in [1.54, 1.807) is 0 Å². The number of hydrogen-bond acceptors (Lipinski definition) is 7. The van der Waals surface area contributed by atoms with Gasteiger partial charge in [0.2, 0.25) is 23.6 Å². The molecule has 2 saturated heterocycles. The van der Waals surface area contributed by atoms with E-state index in [1.807, 2.05) is 18.2 Å². The second kappa shape index (κ2) is 12.4. The lowest BCUT2D eigenvalue weighted by Gasteiger charge is -2.41. The van der Waals surface area contributed by atoms with Crippen LogP contribution in [0, 0.1) is 0 Å². The Hall–Kier alpha value is -2.06. The van der Waals surface area contributed by atoms with Crippen molar-refractivity contribution in [2.24, 2.45) is 11.5 Å². The third-order valence-electron chi connectivity index (χ3n) is 7.30. The number of amides is 4. The van der Waals surface area contributed by atoms with Crippen LogP contribution >= 0.6 is 31.9 Å². The molecule has 3 rings (SSSR count). The van der Waals surface area contributed by atoms with Gasteiger partial charge in [0.25, 0.3) is 0 Å². The van der Waals surface area contributed by atoms with Crippen LogP contribution in [0.5, 0.6) is 0 Å². The maximum Gasteiger partial charge on any atom is 0.247 e. The lowest BCUT2D eigenvalue weighted by molar-refractivity contribution is -0.152. The van der Waals surface area contributed by atoms with Gasteiger partial charge >= 0.3 is 0 Å². The average Bonchev–Trinajstić information content (AvgIpc) is 3.48. The van der Waals surface area contributed by atoms with Crippen molar-refractivity contribution >= 4 is 55.5 Å². The Labute approximate surface area is 238 Å². The van der Waals surface area contributed by atoms with Gasteiger partial charge in [-0.15, -0.1) is 0 Å². The summed E-state index contributed by atoms with van der Waals surface area (Å²) < 4.78 is 1.54. The lowest BCUT2D eigenvalue weighted by Crippen LogP contribution is -2.65. The molecule has 2 aliphatic rings. The minimum absolute atomic E-state index is 0.127. The number of primary amides is 1. The Bertz CT molecular complexity index is 1070. The number of rotatable bonds is 9. The number of nitrogens with two attached hydrogens (primary N) is 2. The van der Waals surface area contributed by atoms with Gasteiger partial charge in [-0.3, -0.25) is 19.2 Å². The molecule has 1 unspecified atom stereocenters. The second-order valence-corrected chi connectivity index (χ2v) is 12.0. The summed E-state index contributed by atoms with van der Waals surface area (Å²) in [4.78, 5) is 55.8. The van der Waals surface area contributed by atoms with Crippen LogP contribution in [0.3, 0.4) is 0 Å². The number of aliphatic hydroxyl groups excluding tert-OH is 2. The zero-order chi connectivity index (χ0) is 28.4. The molecule has 2 heterocycles. The van der Waals surface area contributed by atoms with E-state index in [-0.39, 0.29) is 13.0 Å². The number of halogens is 2. The molecule has 0 spiro atoms. The molecule has 6 atom stereocenters. The molecule has 2 aliphatic heterocycles.